The van der Waals surface area contributed by atoms with Gasteiger partial charge in [-0.25, -0.2) is 18.3 Å². The SMILES string of the molecule is CCN(CCSC(C)=O)S(=O)c1cccc(CC2=C(C(=O)O)N3C(=O)C(NC(=O)/C(=N\OC)c4csc(N)n4)C3SC2)c1. The van der Waals surface area contributed by atoms with Crippen LogP contribution in [0, 0.1) is 0 Å². The number of fused-ring (bicyclic) bond motifs is 1. The molecule has 1 aromatic heterocycles. The zero-order valence-electron chi connectivity index (χ0n) is 23.5. The highest BCUT2D eigenvalue weighted by molar-refractivity contribution is 8.13. The van der Waals surface area contributed by atoms with Gasteiger partial charge in [-0.2, -0.15) is 0 Å². The van der Waals surface area contributed by atoms with E-state index in [1.54, 1.807) is 22.5 Å². The number of thioether (sulfide) groups is 2. The Morgan fingerprint density at radius 1 is 1.37 bits per heavy atom. The topological polar surface area (TPSA) is 185 Å². The number of anilines is 1. The maximum Gasteiger partial charge on any atom is 0.352 e. The van der Waals surface area contributed by atoms with Crippen LogP contribution >= 0.6 is 34.9 Å². The molecule has 1 fully saturated rings. The van der Waals surface area contributed by atoms with Crippen LogP contribution in [0.25, 0.3) is 0 Å². The summed E-state index contributed by atoms with van der Waals surface area (Å²) in [6.07, 6.45) is 0.232. The zero-order valence-corrected chi connectivity index (χ0v) is 26.7. The van der Waals surface area contributed by atoms with Gasteiger partial charge < -0.3 is 21.0 Å². The third-order valence-electron chi connectivity index (χ3n) is 6.45. The highest BCUT2D eigenvalue weighted by Crippen LogP contribution is 2.41. The Kier molecular flexibility index (Phi) is 11.0. The minimum Gasteiger partial charge on any atom is -0.477 e. The van der Waals surface area contributed by atoms with E-state index in [9.17, 15) is 28.5 Å². The van der Waals surface area contributed by atoms with E-state index in [1.165, 1.54) is 47.8 Å². The third-order valence-corrected chi connectivity index (χ3v) is 10.8. The molecule has 4 N–H and O–H groups in total. The summed E-state index contributed by atoms with van der Waals surface area (Å²) in [5.41, 5.74) is 6.85. The van der Waals surface area contributed by atoms with Crippen molar-refractivity contribution in [1.82, 2.24) is 19.5 Å². The van der Waals surface area contributed by atoms with Gasteiger partial charge in [0.25, 0.3) is 11.8 Å². The summed E-state index contributed by atoms with van der Waals surface area (Å²) in [6, 6.07) is 6.11. The number of nitrogens with zero attached hydrogens (tertiary/aromatic N) is 4. The van der Waals surface area contributed by atoms with Crippen LogP contribution in [0.15, 0.2) is 51.0 Å². The van der Waals surface area contributed by atoms with Crippen molar-refractivity contribution in [3.63, 3.8) is 0 Å². The maximum atomic E-state index is 13.2. The minimum atomic E-state index is -1.47. The smallest absolute Gasteiger partial charge is 0.352 e. The third kappa shape index (κ3) is 7.46. The molecule has 2 aromatic rings. The fourth-order valence-electron chi connectivity index (χ4n) is 4.53. The molecule has 0 radical (unpaired) electrons. The van der Waals surface area contributed by atoms with E-state index < -0.39 is 40.2 Å². The number of carbonyl (C=O) groups is 4. The standard InChI is InChI=1S/C26H30N6O7S4/c1-4-31(8-9-40-14(2)33)43(38)17-7-5-6-15(11-17)10-16-12-41-24-20(23(35)32(24)21(16)25(36)37)29-22(34)19(30-39-3)18-13-42-26(27)28-18/h5-7,11,13,20,24H,4,8-10,12H2,1-3H3,(H2,27,28)(H,29,34)(H,36,37)/b30-19-. The van der Waals surface area contributed by atoms with Gasteiger partial charge in [0.05, 0.1) is 4.90 Å². The Balaban J connectivity index is 1.49. The van der Waals surface area contributed by atoms with Crippen molar-refractivity contribution >= 4 is 79.6 Å². The Bertz CT molecular complexity index is 1510. The first-order chi connectivity index (χ1) is 20.5. The molecule has 3 atom stereocenters. The van der Waals surface area contributed by atoms with E-state index in [4.69, 9.17) is 10.6 Å². The number of nitrogen functional groups attached to an aromatic ring is 1. The zero-order chi connectivity index (χ0) is 31.3. The molecule has 0 bridgehead atoms. The lowest BCUT2D eigenvalue weighted by Crippen LogP contribution is -2.71. The summed E-state index contributed by atoms with van der Waals surface area (Å²) in [4.78, 5) is 60.4. The number of thiazole rings is 1. The molecule has 230 valence electrons. The van der Waals surface area contributed by atoms with Crippen molar-refractivity contribution in [2.24, 2.45) is 5.16 Å². The molecule has 13 nitrogen and oxygen atoms in total. The van der Waals surface area contributed by atoms with Crippen LogP contribution in [0.1, 0.15) is 25.1 Å². The molecule has 0 spiro atoms. The van der Waals surface area contributed by atoms with Crippen LogP contribution in [0.2, 0.25) is 0 Å². The normalized spacial score (nSPS) is 19.1. The Labute approximate surface area is 262 Å². The van der Waals surface area contributed by atoms with Gasteiger partial charge in [0.2, 0.25) is 0 Å². The molecule has 3 unspecified atom stereocenters. The van der Waals surface area contributed by atoms with Crippen LogP contribution in [-0.4, -0.2) is 95.2 Å². The summed E-state index contributed by atoms with van der Waals surface area (Å²) in [5, 5.41) is 17.6. The van der Waals surface area contributed by atoms with Crippen molar-refractivity contribution < 1.29 is 33.3 Å². The summed E-state index contributed by atoms with van der Waals surface area (Å²) in [6.45, 7) is 4.37. The number of nitrogens with one attached hydrogen (secondary N) is 1. The van der Waals surface area contributed by atoms with Gasteiger partial charge in [-0.1, -0.05) is 36.0 Å². The number of aromatic nitrogens is 1. The lowest BCUT2D eigenvalue weighted by molar-refractivity contribution is -0.150. The number of carbonyl (C=O) groups excluding carboxylic acids is 3. The number of nitrogens with two attached hydrogens (primary N) is 1. The molecular formula is C26H30N6O7S4. The fraction of sp³-hybridized carbons (Fsp3) is 0.385. The second kappa shape index (κ2) is 14.5. The van der Waals surface area contributed by atoms with Gasteiger partial charge in [0.15, 0.2) is 16.0 Å². The van der Waals surface area contributed by atoms with Crippen LogP contribution < -0.4 is 11.1 Å². The Hall–Kier alpha value is -3.25. The van der Waals surface area contributed by atoms with E-state index in [0.717, 1.165) is 16.9 Å². The number of oxime groups is 1. The van der Waals surface area contributed by atoms with E-state index in [1.807, 2.05) is 13.0 Å². The molecule has 1 saturated heterocycles. The quantitative estimate of drug-likeness (QED) is 0.161. The van der Waals surface area contributed by atoms with Gasteiger partial charge in [0.1, 0.15) is 40.9 Å². The number of hydrogen-bond donors (Lipinski definition) is 3. The highest BCUT2D eigenvalue weighted by Gasteiger charge is 2.54. The number of rotatable bonds is 13. The van der Waals surface area contributed by atoms with E-state index in [2.05, 4.69) is 15.5 Å². The average Bonchev–Trinajstić information content (AvgIpc) is 3.41. The first-order valence-electron chi connectivity index (χ1n) is 13.0. The second-order valence-electron chi connectivity index (χ2n) is 9.25. The van der Waals surface area contributed by atoms with Gasteiger partial charge >= 0.3 is 5.97 Å². The van der Waals surface area contributed by atoms with Crippen molar-refractivity contribution in [3.8, 4) is 0 Å². The predicted octanol–water partition coefficient (Wildman–Crippen LogP) is 1.68. The number of amides is 2. The highest BCUT2D eigenvalue weighted by atomic mass is 32.2. The average molecular weight is 667 g/mol. The van der Waals surface area contributed by atoms with E-state index in [-0.39, 0.29) is 33.8 Å². The molecular weight excluding hydrogens is 637 g/mol. The minimum absolute atomic E-state index is 0.000691. The second-order valence-corrected chi connectivity index (χ2v) is 14.0. The number of hydrogen-bond acceptors (Lipinski definition) is 12. The van der Waals surface area contributed by atoms with Crippen molar-refractivity contribution in [2.45, 2.75) is 36.6 Å². The predicted molar refractivity (Wildman–Crippen MR) is 167 cm³/mol. The van der Waals surface area contributed by atoms with Crippen molar-refractivity contribution in [3.05, 3.63) is 52.2 Å². The molecule has 0 saturated carbocycles. The maximum absolute atomic E-state index is 13.2. The molecule has 3 heterocycles. The van der Waals surface area contributed by atoms with Crippen molar-refractivity contribution in [2.75, 3.05) is 37.4 Å². The number of benzene rings is 1. The number of carboxylic acids is 1. The van der Waals surface area contributed by atoms with E-state index in [0.29, 0.717) is 35.1 Å². The Morgan fingerprint density at radius 3 is 2.77 bits per heavy atom. The lowest BCUT2D eigenvalue weighted by Gasteiger charge is -2.49. The molecule has 2 aliphatic heterocycles. The first-order valence-corrected chi connectivity index (χ1v) is 17.0. The summed E-state index contributed by atoms with van der Waals surface area (Å²) in [5.74, 6) is -1.69. The molecule has 4 rings (SSSR count). The number of aliphatic carboxylic acids is 1. The van der Waals surface area contributed by atoms with Gasteiger partial charge in [-0.05, 0) is 29.7 Å². The number of carboxylic acid groups (broad SMARTS) is 1. The van der Waals surface area contributed by atoms with Crippen LogP contribution in [-0.2, 0) is 41.4 Å². The molecule has 2 amide bonds. The Morgan fingerprint density at radius 2 is 2.14 bits per heavy atom. The largest absolute Gasteiger partial charge is 0.477 e. The van der Waals surface area contributed by atoms with Gasteiger partial charge in [-0.15, -0.1) is 23.1 Å². The first kappa shape index (κ1) is 32.7. The molecule has 0 aliphatic carbocycles. The summed E-state index contributed by atoms with van der Waals surface area (Å²) >= 11 is 3.63. The molecule has 43 heavy (non-hydrogen) atoms. The molecule has 2 aliphatic rings. The monoisotopic (exact) mass is 666 g/mol. The molecule has 17 heteroatoms. The summed E-state index contributed by atoms with van der Waals surface area (Å²) in [7, 11) is -0.201. The van der Waals surface area contributed by atoms with Gasteiger partial charge in [0, 0.05) is 36.9 Å². The van der Waals surface area contributed by atoms with Crippen LogP contribution in [0.5, 0.6) is 0 Å². The van der Waals surface area contributed by atoms with Crippen LogP contribution in [0.4, 0.5) is 5.13 Å². The summed E-state index contributed by atoms with van der Waals surface area (Å²) < 4.78 is 15.0. The lowest BCUT2D eigenvalue weighted by atomic mass is 9.99. The van der Waals surface area contributed by atoms with Crippen molar-refractivity contribution in [1.29, 1.82) is 0 Å². The van der Waals surface area contributed by atoms with Gasteiger partial charge in [-0.3, -0.25) is 19.3 Å². The molecule has 1 aromatic carbocycles. The van der Waals surface area contributed by atoms with Crippen LogP contribution in [0.3, 0.4) is 0 Å². The number of β-lactam (4-membered cyclic amide) rings is 1. The fourth-order valence-corrected chi connectivity index (χ4v) is 8.38. The van der Waals surface area contributed by atoms with E-state index >= 15 is 0 Å².